The minimum atomic E-state index is -0.404. The number of carbonyl (C=O) groups is 2. The third-order valence-corrected chi connectivity index (χ3v) is 3.85. The molecule has 2 rings (SSSR count). The molecule has 1 aliphatic rings. The summed E-state index contributed by atoms with van der Waals surface area (Å²) in [6.45, 7) is 0.611. The first-order valence-corrected chi connectivity index (χ1v) is 7.48. The van der Waals surface area contributed by atoms with E-state index >= 15 is 0 Å². The van der Waals surface area contributed by atoms with E-state index in [0.717, 1.165) is 22.3 Å². The van der Waals surface area contributed by atoms with E-state index in [1.807, 2.05) is 18.4 Å². The van der Waals surface area contributed by atoms with Crippen LogP contribution in [0.1, 0.15) is 16.8 Å². The van der Waals surface area contributed by atoms with Crippen molar-refractivity contribution in [2.24, 2.45) is 0 Å². The molecule has 0 saturated heterocycles. The van der Waals surface area contributed by atoms with Gasteiger partial charge in [0, 0.05) is 11.0 Å². The van der Waals surface area contributed by atoms with Gasteiger partial charge in [-0.25, -0.2) is 0 Å². The number of rotatable bonds is 4. The molecule has 90 valence electrons. The Bertz CT molecular complexity index is 476. The predicted molar refractivity (Wildman–Crippen MR) is 73.8 cm³/mol. The summed E-state index contributed by atoms with van der Waals surface area (Å²) >= 11 is 5.05. The van der Waals surface area contributed by atoms with E-state index in [-0.39, 0.29) is 0 Å². The topological polar surface area (TPSA) is 37.4 Å². The van der Waals surface area contributed by atoms with Crippen LogP contribution in [0.2, 0.25) is 0 Å². The fraction of sp³-hybridized carbons (Fsp3) is 0.333. The second-order valence-corrected chi connectivity index (χ2v) is 5.70. The van der Waals surface area contributed by atoms with Gasteiger partial charge in [-0.05, 0) is 36.6 Å². The van der Waals surface area contributed by atoms with Gasteiger partial charge >= 0.3 is 0 Å². The molecular formula is C12H12BrNO2S. The number of Topliss-reactive ketones (excluding diaryl/α,β-unsaturated/α-hetero) is 1. The molecule has 17 heavy (non-hydrogen) atoms. The molecule has 5 heteroatoms. The maximum absolute atomic E-state index is 11.8. The van der Waals surface area contributed by atoms with Crippen LogP contribution in [-0.2, 0) is 4.79 Å². The highest BCUT2D eigenvalue weighted by molar-refractivity contribution is 9.10. The Morgan fingerprint density at radius 2 is 2.12 bits per heavy atom. The molecule has 1 aliphatic heterocycles. The van der Waals surface area contributed by atoms with Crippen molar-refractivity contribution in [3.8, 4) is 0 Å². The molecule has 0 unspecified atom stereocenters. The van der Waals surface area contributed by atoms with Crippen molar-refractivity contribution in [2.45, 2.75) is 6.42 Å². The summed E-state index contributed by atoms with van der Waals surface area (Å²) in [6, 6.07) is 5.39. The molecule has 3 nitrogen and oxygen atoms in total. The first kappa shape index (κ1) is 12.6. The second kappa shape index (κ2) is 5.23. The summed E-state index contributed by atoms with van der Waals surface area (Å²) in [7, 11) is 0. The highest BCUT2D eigenvalue weighted by atomic mass is 79.9. The van der Waals surface area contributed by atoms with Gasteiger partial charge in [0.25, 0.3) is 11.7 Å². The number of ketones is 1. The van der Waals surface area contributed by atoms with Crippen molar-refractivity contribution in [2.75, 3.05) is 23.5 Å². The smallest absolute Gasteiger partial charge is 0.299 e. The number of anilines is 1. The van der Waals surface area contributed by atoms with E-state index in [1.54, 1.807) is 22.7 Å². The third kappa shape index (κ3) is 2.40. The molecule has 0 N–H and O–H groups in total. The van der Waals surface area contributed by atoms with Crippen LogP contribution in [0.5, 0.6) is 0 Å². The number of amides is 1. The highest BCUT2D eigenvalue weighted by Crippen LogP contribution is 2.31. The first-order chi connectivity index (χ1) is 8.15. The van der Waals surface area contributed by atoms with Crippen molar-refractivity contribution in [1.29, 1.82) is 0 Å². The average molecular weight is 314 g/mol. The summed E-state index contributed by atoms with van der Waals surface area (Å²) in [4.78, 5) is 25.2. The van der Waals surface area contributed by atoms with E-state index in [1.165, 1.54) is 0 Å². The van der Waals surface area contributed by atoms with E-state index in [0.29, 0.717) is 12.1 Å². The summed E-state index contributed by atoms with van der Waals surface area (Å²) in [5, 5.41) is 0. The Labute approximate surface area is 113 Å². The SMILES string of the molecule is CSCCCN1C(=O)C(=O)c2cc(Br)ccc21. The van der Waals surface area contributed by atoms with Gasteiger partial charge in [-0.1, -0.05) is 15.9 Å². The number of halogens is 1. The predicted octanol–water partition coefficient (Wildman–Crippen LogP) is 2.73. The van der Waals surface area contributed by atoms with Crippen LogP contribution in [0.25, 0.3) is 0 Å². The molecule has 0 saturated carbocycles. The molecular weight excluding hydrogens is 302 g/mol. The Balaban J connectivity index is 2.25. The third-order valence-electron chi connectivity index (χ3n) is 2.66. The zero-order valence-electron chi connectivity index (χ0n) is 9.40. The Morgan fingerprint density at radius 1 is 1.35 bits per heavy atom. The summed E-state index contributed by atoms with van der Waals surface area (Å²) in [6.07, 6.45) is 2.93. The number of thioether (sulfide) groups is 1. The van der Waals surface area contributed by atoms with Crippen LogP contribution in [0, 0.1) is 0 Å². The number of fused-ring (bicyclic) bond motifs is 1. The van der Waals surface area contributed by atoms with Gasteiger partial charge in [0.05, 0.1) is 11.3 Å². The molecule has 1 heterocycles. The zero-order chi connectivity index (χ0) is 12.4. The maximum atomic E-state index is 11.8. The van der Waals surface area contributed by atoms with Crippen LogP contribution in [0.4, 0.5) is 5.69 Å². The van der Waals surface area contributed by atoms with Crippen LogP contribution in [0.3, 0.4) is 0 Å². The molecule has 0 aliphatic carbocycles. The van der Waals surface area contributed by atoms with E-state index in [4.69, 9.17) is 0 Å². The standard InChI is InChI=1S/C12H12BrNO2S/c1-17-6-2-5-14-10-4-3-8(13)7-9(10)11(15)12(14)16/h3-4,7H,2,5-6H2,1H3. The van der Waals surface area contributed by atoms with Gasteiger partial charge in [0.2, 0.25) is 0 Å². The molecule has 0 fully saturated rings. The lowest BCUT2D eigenvalue weighted by Crippen LogP contribution is -2.30. The van der Waals surface area contributed by atoms with Crippen molar-refractivity contribution in [3.05, 3.63) is 28.2 Å². The van der Waals surface area contributed by atoms with Gasteiger partial charge in [0.15, 0.2) is 0 Å². The summed E-state index contributed by atoms with van der Waals surface area (Å²) < 4.78 is 0.823. The molecule has 1 amide bonds. The van der Waals surface area contributed by atoms with Crippen LogP contribution >= 0.6 is 27.7 Å². The lowest BCUT2D eigenvalue weighted by molar-refractivity contribution is -0.114. The monoisotopic (exact) mass is 313 g/mol. The van der Waals surface area contributed by atoms with Gasteiger partial charge in [0.1, 0.15) is 0 Å². The second-order valence-electron chi connectivity index (χ2n) is 3.79. The molecule has 1 aromatic carbocycles. The van der Waals surface area contributed by atoms with E-state index in [9.17, 15) is 9.59 Å². The molecule has 0 radical (unpaired) electrons. The summed E-state index contributed by atoms with van der Waals surface area (Å²) in [5.41, 5.74) is 1.25. The van der Waals surface area contributed by atoms with Crippen LogP contribution in [0.15, 0.2) is 22.7 Å². The number of nitrogens with zero attached hydrogens (tertiary/aromatic N) is 1. The Morgan fingerprint density at radius 3 is 2.82 bits per heavy atom. The van der Waals surface area contributed by atoms with Gasteiger partial charge < -0.3 is 4.90 Å². The lowest BCUT2D eigenvalue weighted by atomic mass is 10.1. The van der Waals surface area contributed by atoms with Crippen LogP contribution in [-0.4, -0.2) is 30.2 Å². The maximum Gasteiger partial charge on any atom is 0.299 e. The average Bonchev–Trinajstić information content (AvgIpc) is 2.54. The quantitative estimate of drug-likeness (QED) is 0.633. The Kier molecular flexibility index (Phi) is 3.89. The first-order valence-electron chi connectivity index (χ1n) is 5.30. The number of hydrogen-bond donors (Lipinski definition) is 0. The minimum Gasteiger partial charge on any atom is -0.305 e. The fourth-order valence-electron chi connectivity index (χ4n) is 1.86. The van der Waals surface area contributed by atoms with Crippen molar-refractivity contribution in [3.63, 3.8) is 0 Å². The van der Waals surface area contributed by atoms with Crippen LogP contribution < -0.4 is 4.90 Å². The normalized spacial score (nSPS) is 14.4. The number of benzene rings is 1. The van der Waals surface area contributed by atoms with Gasteiger partial charge in [-0.3, -0.25) is 9.59 Å². The van der Waals surface area contributed by atoms with Gasteiger partial charge in [-0.15, -0.1) is 0 Å². The molecule has 0 atom stereocenters. The fourth-order valence-corrected chi connectivity index (χ4v) is 2.64. The van der Waals surface area contributed by atoms with Crippen molar-refractivity contribution < 1.29 is 9.59 Å². The molecule has 0 aromatic heterocycles. The number of hydrogen-bond acceptors (Lipinski definition) is 3. The molecule has 0 spiro atoms. The van der Waals surface area contributed by atoms with Crippen molar-refractivity contribution >= 4 is 45.1 Å². The Hall–Kier alpha value is -0.810. The number of carbonyl (C=O) groups excluding carboxylic acids is 2. The summed E-state index contributed by atoms with van der Waals surface area (Å²) in [5.74, 6) is 0.189. The van der Waals surface area contributed by atoms with Gasteiger partial charge in [-0.2, -0.15) is 11.8 Å². The minimum absolute atomic E-state index is 0.398. The van der Waals surface area contributed by atoms with E-state index < -0.39 is 11.7 Å². The van der Waals surface area contributed by atoms with Crippen molar-refractivity contribution in [1.82, 2.24) is 0 Å². The highest BCUT2D eigenvalue weighted by Gasteiger charge is 2.35. The molecule has 0 bridgehead atoms. The lowest BCUT2D eigenvalue weighted by Gasteiger charge is -2.15. The molecule has 1 aromatic rings. The van der Waals surface area contributed by atoms with E-state index in [2.05, 4.69) is 15.9 Å². The zero-order valence-corrected chi connectivity index (χ0v) is 11.8. The largest absolute Gasteiger partial charge is 0.305 e.